The summed E-state index contributed by atoms with van der Waals surface area (Å²) in [4.78, 5) is 24.5. The van der Waals surface area contributed by atoms with Crippen molar-refractivity contribution in [2.45, 2.75) is 4.90 Å². The standard InChI is InChI=1S/C13H10N2O5S.Na/c1-15-12(16)7-4-2-3-6-10(7)8(13(15)17)5-9(11(6)14)21(18,19)20;/h2-5H,14H2,1H3,(H,18,19,20);/q;+1/p-1. The van der Waals surface area contributed by atoms with Crippen molar-refractivity contribution < 1.29 is 52.1 Å². The van der Waals surface area contributed by atoms with Gasteiger partial charge < -0.3 is 10.3 Å². The molecule has 22 heavy (non-hydrogen) atoms. The number of imide groups is 1. The number of benzene rings is 2. The Kier molecular flexibility index (Phi) is 4.09. The molecule has 0 aromatic heterocycles. The van der Waals surface area contributed by atoms with Gasteiger partial charge >= 0.3 is 29.6 Å². The van der Waals surface area contributed by atoms with Crippen molar-refractivity contribution in [1.82, 2.24) is 4.90 Å². The molecule has 7 nitrogen and oxygen atoms in total. The fourth-order valence-corrected chi connectivity index (χ4v) is 3.13. The van der Waals surface area contributed by atoms with Crippen LogP contribution < -0.4 is 35.3 Å². The first kappa shape index (κ1) is 16.9. The van der Waals surface area contributed by atoms with Gasteiger partial charge in [0.25, 0.3) is 11.8 Å². The van der Waals surface area contributed by atoms with Crippen molar-refractivity contribution in [3.63, 3.8) is 0 Å². The van der Waals surface area contributed by atoms with Crippen molar-refractivity contribution in [2.75, 3.05) is 12.8 Å². The maximum absolute atomic E-state index is 12.2. The zero-order valence-electron chi connectivity index (χ0n) is 11.8. The number of nitrogens with zero attached hydrogens (tertiary/aromatic N) is 1. The molecule has 1 heterocycles. The Morgan fingerprint density at radius 2 is 1.73 bits per heavy atom. The minimum atomic E-state index is -4.83. The number of rotatable bonds is 1. The van der Waals surface area contributed by atoms with Gasteiger partial charge in [0, 0.05) is 23.4 Å². The summed E-state index contributed by atoms with van der Waals surface area (Å²) in [6.45, 7) is 0. The molecule has 1 aliphatic rings. The first-order valence-electron chi connectivity index (χ1n) is 5.87. The van der Waals surface area contributed by atoms with E-state index in [4.69, 9.17) is 5.73 Å². The minimum absolute atomic E-state index is 0. The Morgan fingerprint density at radius 3 is 2.32 bits per heavy atom. The van der Waals surface area contributed by atoms with Crippen molar-refractivity contribution >= 4 is 38.4 Å². The van der Waals surface area contributed by atoms with Gasteiger partial charge in [-0.2, -0.15) is 0 Å². The molecular formula is C13H9N2NaO5S. The molecule has 0 aliphatic carbocycles. The van der Waals surface area contributed by atoms with Crippen LogP contribution in [0.5, 0.6) is 0 Å². The Hall–Kier alpha value is -1.45. The Labute approximate surface area is 148 Å². The normalized spacial score (nSPS) is 14.2. The van der Waals surface area contributed by atoms with Crippen molar-refractivity contribution in [1.29, 1.82) is 0 Å². The number of hydrogen-bond donors (Lipinski definition) is 1. The maximum Gasteiger partial charge on any atom is 1.00 e. The molecule has 2 amide bonds. The van der Waals surface area contributed by atoms with Gasteiger partial charge in [0.2, 0.25) is 0 Å². The number of nitrogen functional groups attached to an aromatic ring is 1. The van der Waals surface area contributed by atoms with Crippen molar-refractivity contribution in [2.24, 2.45) is 0 Å². The summed E-state index contributed by atoms with van der Waals surface area (Å²) in [5.74, 6) is -1.18. The Morgan fingerprint density at radius 1 is 1.14 bits per heavy atom. The van der Waals surface area contributed by atoms with E-state index in [-0.39, 0.29) is 57.1 Å². The van der Waals surface area contributed by atoms with Crippen LogP contribution in [0, 0.1) is 0 Å². The second kappa shape index (κ2) is 5.32. The maximum atomic E-state index is 12.2. The molecule has 3 rings (SSSR count). The van der Waals surface area contributed by atoms with Crippen molar-refractivity contribution in [3.05, 3.63) is 35.4 Å². The van der Waals surface area contributed by atoms with Crippen LogP contribution in [0.2, 0.25) is 0 Å². The quantitative estimate of drug-likeness (QED) is 0.269. The molecule has 2 aromatic rings. The second-order valence-corrected chi connectivity index (χ2v) is 6.04. The molecule has 9 heteroatoms. The zero-order chi connectivity index (χ0) is 15.5. The third-order valence-corrected chi connectivity index (χ3v) is 4.38. The fraction of sp³-hybridized carbons (Fsp3) is 0.0769. The molecule has 0 bridgehead atoms. The number of carbonyl (C=O) groups is 2. The molecule has 1 aliphatic heterocycles. The predicted octanol–water partition coefficient (Wildman–Crippen LogP) is -2.44. The molecule has 108 valence electrons. The minimum Gasteiger partial charge on any atom is -0.744 e. The molecular weight excluding hydrogens is 319 g/mol. The van der Waals surface area contributed by atoms with E-state index in [1.165, 1.54) is 25.2 Å². The summed E-state index contributed by atoms with van der Waals surface area (Å²) < 4.78 is 33.9. The predicted molar refractivity (Wildman–Crippen MR) is 72.7 cm³/mol. The van der Waals surface area contributed by atoms with Gasteiger partial charge in [0.05, 0.1) is 16.1 Å². The van der Waals surface area contributed by atoms with Gasteiger partial charge in [0.1, 0.15) is 10.1 Å². The molecule has 0 saturated carbocycles. The van der Waals surface area contributed by atoms with Crippen LogP contribution in [0.4, 0.5) is 5.69 Å². The summed E-state index contributed by atoms with van der Waals surface area (Å²) in [6, 6.07) is 5.44. The summed E-state index contributed by atoms with van der Waals surface area (Å²) >= 11 is 0. The Bertz CT molecular complexity index is 939. The monoisotopic (exact) mass is 328 g/mol. The van der Waals surface area contributed by atoms with Crippen molar-refractivity contribution in [3.8, 4) is 0 Å². The van der Waals surface area contributed by atoms with Crippen LogP contribution >= 0.6 is 0 Å². The van der Waals surface area contributed by atoms with E-state index in [1.807, 2.05) is 0 Å². The van der Waals surface area contributed by atoms with Crippen LogP contribution in [0.1, 0.15) is 20.7 Å². The van der Waals surface area contributed by atoms with Gasteiger partial charge in [-0.25, -0.2) is 8.42 Å². The first-order valence-corrected chi connectivity index (χ1v) is 7.28. The largest absolute Gasteiger partial charge is 1.00 e. The van der Waals surface area contributed by atoms with Gasteiger partial charge in [-0.15, -0.1) is 0 Å². The average Bonchev–Trinajstić information content (AvgIpc) is 2.42. The van der Waals surface area contributed by atoms with E-state index < -0.39 is 26.8 Å². The number of amides is 2. The summed E-state index contributed by atoms with van der Waals surface area (Å²) in [6.07, 6.45) is 0. The number of anilines is 1. The van der Waals surface area contributed by atoms with Crippen LogP contribution in [-0.4, -0.2) is 36.7 Å². The van der Waals surface area contributed by atoms with E-state index in [9.17, 15) is 22.6 Å². The van der Waals surface area contributed by atoms with E-state index in [0.29, 0.717) is 0 Å². The van der Waals surface area contributed by atoms with Gasteiger partial charge in [-0.1, -0.05) is 12.1 Å². The number of nitrogens with two attached hydrogens (primary N) is 1. The molecule has 0 fully saturated rings. The SMILES string of the molecule is CN1C(=O)c2cccc3c(N)c(S(=O)(=O)[O-])cc(c23)C1=O.[Na+]. The smallest absolute Gasteiger partial charge is 0.744 e. The van der Waals surface area contributed by atoms with Crippen LogP contribution in [0.3, 0.4) is 0 Å². The molecule has 0 spiro atoms. The molecule has 0 saturated heterocycles. The van der Waals surface area contributed by atoms with E-state index >= 15 is 0 Å². The van der Waals surface area contributed by atoms with E-state index in [2.05, 4.69) is 0 Å². The van der Waals surface area contributed by atoms with Crippen LogP contribution in [0.25, 0.3) is 10.8 Å². The van der Waals surface area contributed by atoms with Gasteiger partial charge in [0.15, 0.2) is 0 Å². The zero-order valence-corrected chi connectivity index (χ0v) is 14.6. The third kappa shape index (κ3) is 2.24. The summed E-state index contributed by atoms with van der Waals surface area (Å²) in [5.41, 5.74) is 5.70. The topological polar surface area (TPSA) is 121 Å². The number of hydrogen-bond acceptors (Lipinski definition) is 6. The average molecular weight is 328 g/mol. The molecule has 2 N–H and O–H groups in total. The van der Waals surface area contributed by atoms with Crippen LogP contribution in [0.15, 0.2) is 29.2 Å². The third-order valence-electron chi connectivity index (χ3n) is 3.50. The molecule has 0 atom stereocenters. The molecule has 0 radical (unpaired) electrons. The van der Waals surface area contributed by atoms with Gasteiger partial charge in [-0.3, -0.25) is 14.5 Å². The Balaban J connectivity index is 0.00000176. The first-order chi connectivity index (χ1) is 9.73. The summed E-state index contributed by atoms with van der Waals surface area (Å²) in [7, 11) is -3.55. The van der Waals surface area contributed by atoms with E-state index in [0.717, 1.165) is 11.0 Å². The van der Waals surface area contributed by atoms with Crippen LogP contribution in [-0.2, 0) is 10.1 Å². The van der Waals surface area contributed by atoms with E-state index in [1.54, 1.807) is 0 Å². The fourth-order valence-electron chi connectivity index (χ4n) is 2.49. The summed E-state index contributed by atoms with van der Waals surface area (Å²) in [5, 5.41) is 0.477. The molecule has 2 aromatic carbocycles. The second-order valence-electron chi connectivity index (χ2n) is 4.69. The van der Waals surface area contributed by atoms with Gasteiger partial charge in [-0.05, 0) is 12.1 Å². The molecule has 0 unspecified atom stereocenters. The number of carbonyl (C=O) groups excluding carboxylic acids is 2.